The van der Waals surface area contributed by atoms with Crippen molar-refractivity contribution in [3.8, 4) is 0 Å². The van der Waals surface area contributed by atoms with Gasteiger partial charge in [-0.15, -0.1) is 0 Å². The fraction of sp³-hybridized carbons (Fsp3) is 0.667. The minimum Gasteiger partial charge on any atom is -0.391 e. The van der Waals surface area contributed by atoms with Gasteiger partial charge < -0.3 is 15.0 Å². The maximum Gasteiger partial charge on any atom is 0.268 e. The van der Waals surface area contributed by atoms with Gasteiger partial charge >= 0.3 is 0 Å². The Hall–Kier alpha value is -1.29. The van der Waals surface area contributed by atoms with Crippen LogP contribution in [0.15, 0.2) is 18.3 Å². The molecule has 0 aromatic carbocycles. The Labute approximate surface area is 114 Å². The van der Waals surface area contributed by atoms with E-state index in [0.29, 0.717) is 18.3 Å². The lowest BCUT2D eigenvalue weighted by molar-refractivity contribution is 0.0861. The number of rotatable bonds is 5. The number of amides is 1. The van der Waals surface area contributed by atoms with Crippen molar-refractivity contribution < 1.29 is 9.90 Å². The number of carbonyl (C=O) groups is 1. The molecule has 4 nitrogen and oxygen atoms in total. The Bertz CT molecular complexity index is 420. The average molecular weight is 264 g/mol. The lowest BCUT2D eigenvalue weighted by atomic mass is 10.1. The van der Waals surface area contributed by atoms with E-state index in [0.717, 1.165) is 12.8 Å². The minimum absolute atomic E-state index is 0.0865. The molecular weight excluding hydrogens is 240 g/mol. The molecule has 0 saturated heterocycles. The Balaban J connectivity index is 1.97. The third kappa shape index (κ3) is 3.38. The molecule has 19 heavy (non-hydrogen) atoms. The van der Waals surface area contributed by atoms with Crippen LogP contribution in [0.3, 0.4) is 0 Å². The van der Waals surface area contributed by atoms with E-state index in [2.05, 4.69) is 9.88 Å². The van der Waals surface area contributed by atoms with Crippen molar-refractivity contribution in [2.75, 3.05) is 6.54 Å². The zero-order valence-corrected chi connectivity index (χ0v) is 11.8. The number of aliphatic hydroxyl groups excluding tert-OH is 1. The minimum atomic E-state index is -0.487. The quantitative estimate of drug-likeness (QED) is 0.857. The van der Waals surface area contributed by atoms with E-state index >= 15 is 0 Å². The molecular formula is C15H24N2O2. The van der Waals surface area contributed by atoms with Gasteiger partial charge in [-0.25, -0.2) is 0 Å². The summed E-state index contributed by atoms with van der Waals surface area (Å²) in [6.45, 7) is 4.20. The molecule has 106 valence electrons. The van der Waals surface area contributed by atoms with E-state index in [1.807, 2.05) is 32.2 Å². The van der Waals surface area contributed by atoms with E-state index in [-0.39, 0.29) is 11.8 Å². The molecule has 1 aliphatic carbocycles. The summed E-state index contributed by atoms with van der Waals surface area (Å²) in [7, 11) is 0. The summed E-state index contributed by atoms with van der Waals surface area (Å²) in [6.07, 6.45) is 6.31. The van der Waals surface area contributed by atoms with Gasteiger partial charge in [0.2, 0.25) is 0 Å². The molecule has 0 aliphatic heterocycles. The van der Waals surface area contributed by atoms with E-state index in [1.54, 1.807) is 0 Å². The first-order valence-electron chi connectivity index (χ1n) is 7.22. The van der Waals surface area contributed by atoms with Gasteiger partial charge in [-0.3, -0.25) is 4.79 Å². The third-order valence-electron chi connectivity index (χ3n) is 3.97. The summed E-state index contributed by atoms with van der Waals surface area (Å²) in [5, 5.41) is 12.6. The van der Waals surface area contributed by atoms with Crippen LogP contribution in [-0.4, -0.2) is 28.2 Å². The van der Waals surface area contributed by atoms with E-state index in [4.69, 9.17) is 0 Å². The Kier molecular flexibility index (Phi) is 4.64. The number of hydrogen-bond acceptors (Lipinski definition) is 2. The summed E-state index contributed by atoms with van der Waals surface area (Å²) >= 11 is 0. The monoisotopic (exact) mass is 264 g/mol. The van der Waals surface area contributed by atoms with E-state index in [9.17, 15) is 9.90 Å². The maximum atomic E-state index is 12.2. The zero-order valence-electron chi connectivity index (χ0n) is 11.8. The highest BCUT2D eigenvalue weighted by molar-refractivity contribution is 5.92. The maximum absolute atomic E-state index is 12.2. The van der Waals surface area contributed by atoms with Crippen molar-refractivity contribution in [3.63, 3.8) is 0 Å². The van der Waals surface area contributed by atoms with Crippen molar-refractivity contribution in [2.45, 2.75) is 51.7 Å². The van der Waals surface area contributed by atoms with Crippen LogP contribution < -0.4 is 5.32 Å². The molecule has 1 saturated carbocycles. The van der Waals surface area contributed by atoms with Crippen LogP contribution in [0.5, 0.6) is 0 Å². The van der Waals surface area contributed by atoms with Gasteiger partial charge in [-0.1, -0.05) is 26.7 Å². The third-order valence-corrected chi connectivity index (χ3v) is 3.97. The summed E-state index contributed by atoms with van der Waals surface area (Å²) in [4.78, 5) is 12.2. The fourth-order valence-electron chi connectivity index (χ4n) is 2.61. The van der Waals surface area contributed by atoms with Crippen molar-refractivity contribution in [1.29, 1.82) is 0 Å². The summed E-state index contributed by atoms with van der Waals surface area (Å²) in [5.74, 6) is 0.0681. The molecule has 1 fully saturated rings. The highest BCUT2D eigenvalue weighted by Gasteiger charge is 2.21. The Morgan fingerprint density at radius 1 is 1.47 bits per heavy atom. The second kappa shape index (κ2) is 6.24. The average Bonchev–Trinajstić information content (AvgIpc) is 3.04. The molecule has 1 aliphatic rings. The summed E-state index contributed by atoms with van der Waals surface area (Å²) < 4.78 is 2.09. The fourth-order valence-corrected chi connectivity index (χ4v) is 2.61. The topological polar surface area (TPSA) is 54.3 Å². The van der Waals surface area contributed by atoms with Crippen molar-refractivity contribution >= 4 is 5.91 Å². The molecule has 0 spiro atoms. The predicted molar refractivity (Wildman–Crippen MR) is 75.1 cm³/mol. The van der Waals surface area contributed by atoms with E-state index < -0.39 is 6.10 Å². The largest absolute Gasteiger partial charge is 0.391 e. The van der Waals surface area contributed by atoms with Gasteiger partial charge in [0.1, 0.15) is 5.69 Å². The van der Waals surface area contributed by atoms with Crippen LogP contribution in [0.4, 0.5) is 0 Å². The number of aromatic nitrogens is 1. The first kappa shape index (κ1) is 14.1. The Morgan fingerprint density at radius 2 is 2.16 bits per heavy atom. The lowest BCUT2D eigenvalue weighted by Crippen LogP contribution is -2.35. The standard InChI is InChI=1S/C15H24N2O2/c1-11(2)14(18)10-16-15(19)13-8-5-9-17(13)12-6-3-4-7-12/h5,8-9,11-12,14,18H,3-4,6-7,10H2,1-2H3,(H,16,19). The van der Waals surface area contributed by atoms with Crippen LogP contribution in [0.25, 0.3) is 0 Å². The second-order valence-corrected chi connectivity index (χ2v) is 5.76. The number of nitrogens with zero attached hydrogens (tertiary/aromatic N) is 1. The highest BCUT2D eigenvalue weighted by Crippen LogP contribution is 2.30. The van der Waals surface area contributed by atoms with Crippen LogP contribution in [0, 0.1) is 5.92 Å². The SMILES string of the molecule is CC(C)C(O)CNC(=O)c1cccn1C1CCCC1. The van der Waals surface area contributed by atoms with Gasteiger partial charge in [0, 0.05) is 18.8 Å². The molecule has 1 aromatic rings. The molecule has 1 aromatic heterocycles. The first-order valence-corrected chi connectivity index (χ1v) is 7.22. The molecule has 1 unspecified atom stereocenters. The van der Waals surface area contributed by atoms with Gasteiger partial charge in [-0.2, -0.15) is 0 Å². The number of nitrogens with one attached hydrogen (secondary N) is 1. The second-order valence-electron chi connectivity index (χ2n) is 5.76. The van der Waals surface area contributed by atoms with Gasteiger partial charge in [0.05, 0.1) is 6.10 Å². The molecule has 0 radical (unpaired) electrons. The van der Waals surface area contributed by atoms with Crippen molar-refractivity contribution in [1.82, 2.24) is 9.88 Å². The summed E-state index contributed by atoms with van der Waals surface area (Å²) in [6, 6.07) is 4.24. The van der Waals surface area contributed by atoms with E-state index in [1.165, 1.54) is 12.8 Å². The lowest BCUT2D eigenvalue weighted by Gasteiger charge is -2.18. The summed E-state index contributed by atoms with van der Waals surface area (Å²) in [5.41, 5.74) is 0.711. The van der Waals surface area contributed by atoms with Crippen LogP contribution in [0.1, 0.15) is 56.1 Å². The molecule has 4 heteroatoms. The van der Waals surface area contributed by atoms with Crippen LogP contribution in [0.2, 0.25) is 0 Å². The van der Waals surface area contributed by atoms with Crippen LogP contribution >= 0.6 is 0 Å². The smallest absolute Gasteiger partial charge is 0.268 e. The molecule has 1 atom stereocenters. The molecule has 1 amide bonds. The number of hydrogen-bond donors (Lipinski definition) is 2. The molecule has 1 heterocycles. The molecule has 2 N–H and O–H groups in total. The van der Waals surface area contributed by atoms with Crippen LogP contribution in [-0.2, 0) is 0 Å². The van der Waals surface area contributed by atoms with Gasteiger partial charge in [-0.05, 0) is 30.9 Å². The number of aliphatic hydroxyl groups is 1. The van der Waals surface area contributed by atoms with Gasteiger partial charge in [0.15, 0.2) is 0 Å². The molecule has 2 rings (SSSR count). The zero-order chi connectivity index (χ0) is 13.8. The van der Waals surface area contributed by atoms with Crippen molar-refractivity contribution in [2.24, 2.45) is 5.92 Å². The van der Waals surface area contributed by atoms with Gasteiger partial charge in [0.25, 0.3) is 5.91 Å². The Morgan fingerprint density at radius 3 is 2.79 bits per heavy atom. The molecule has 0 bridgehead atoms. The predicted octanol–water partition coefficient (Wildman–Crippen LogP) is 2.35. The number of carbonyl (C=O) groups excluding carboxylic acids is 1. The first-order chi connectivity index (χ1) is 9.09. The normalized spacial score (nSPS) is 17.9. The highest BCUT2D eigenvalue weighted by atomic mass is 16.3. The van der Waals surface area contributed by atoms with Crippen molar-refractivity contribution in [3.05, 3.63) is 24.0 Å².